The number of anilines is 2. The summed E-state index contributed by atoms with van der Waals surface area (Å²) >= 11 is 0. The van der Waals surface area contributed by atoms with E-state index in [9.17, 15) is 18.0 Å². The van der Waals surface area contributed by atoms with E-state index in [1.165, 1.54) is 23.0 Å². The molecule has 1 amide bonds. The largest absolute Gasteiger partial charge is 0.467 e. The number of fused-ring (bicyclic) bond motifs is 1. The van der Waals surface area contributed by atoms with Gasteiger partial charge in [-0.25, -0.2) is 18.7 Å². The van der Waals surface area contributed by atoms with Gasteiger partial charge < -0.3 is 20.1 Å². The Labute approximate surface area is 201 Å². The Kier molecular flexibility index (Phi) is 5.23. The number of hydrogen-bond donors (Lipinski definition) is 3. The Balaban J connectivity index is 1.09. The molecule has 14 heteroatoms. The SMILES string of the molecule is O=C(NC12CC(C1)C2)O[C@@H]1CC[C@H](c2cc(Nc3nccn4nc(OCC(F)(F)F)cc34)n[nH]2)[C@@H]1F. The lowest BCUT2D eigenvalue weighted by Gasteiger charge is -2.61. The molecule has 4 saturated carbocycles. The van der Waals surface area contributed by atoms with Crippen LogP contribution in [0.25, 0.3) is 5.52 Å². The van der Waals surface area contributed by atoms with Crippen LogP contribution in [0.15, 0.2) is 24.5 Å². The summed E-state index contributed by atoms with van der Waals surface area (Å²) < 4.78 is 63.9. The molecule has 0 radical (unpaired) electrons. The lowest BCUT2D eigenvalue weighted by molar-refractivity contribution is -0.154. The van der Waals surface area contributed by atoms with Crippen LogP contribution in [0, 0.1) is 5.92 Å². The van der Waals surface area contributed by atoms with Crippen molar-refractivity contribution in [1.82, 2.24) is 30.1 Å². The lowest BCUT2D eigenvalue weighted by atomic mass is 9.50. The van der Waals surface area contributed by atoms with Gasteiger partial charge in [0.2, 0.25) is 5.88 Å². The Morgan fingerprint density at radius 1 is 1.25 bits per heavy atom. The summed E-state index contributed by atoms with van der Waals surface area (Å²) in [6, 6.07) is 2.95. The fourth-order valence-corrected chi connectivity index (χ4v) is 5.32. The third-order valence-corrected chi connectivity index (χ3v) is 7.16. The number of carbonyl (C=O) groups is 1. The van der Waals surface area contributed by atoms with Gasteiger partial charge in [-0.05, 0) is 38.0 Å². The summed E-state index contributed by atoms with van der Waals surface area (Å²) in [6.45, 7) is -1.46. The third-order valence-electron chi connectivity index (χ3n) is 7.16. The number of nitrogens with one attached hydrogen (secondary N) is 3. The van der Waals surface area contributed by atoms with Crippen LogP contribution in [-0.4, -0.2) is 61.5 Å². The molecule has 3 heterocycles. The average Bonchev–Trinajstić information content (AvgIpc) is 3.48. The third kappa shape index (κ3) is 4.28. The zero-order chi connectivity index (χ0) is 25.1. The number of ether oxygens (including phenoxy) is 2. The van der Waals surface area contributed by atoms with Gasteiger partial charge in [-0.3, -0.25) is 5.10 Å². The van der Waals surface area contributed by atoms with Crippen molar-refractivity contribution in [3.8, 4) is 5.88 Å². The highest BCUT2D eigenvalue weighted by Crippen LogP contribution is 2.57. The van der Waals surface area contributed by atoms with Gasteiger partial charge in [0.25, 0.3) is 0 Å². The molecule has 7 rings (SSSR count). The number of carbonyl (C=O) groups excluding carboxylic acids is 1. The fraction of sp³-hybridized carbons (Fsp3) is 0.545. The quantitative estimate of drug-likeness (QED) is 0.412. The molecule has 3 aromatic heterocycles. The number of aromatic amines is 1. The number of hydrogen-bond acceptors (Lipinski definition) is 7. The molecule has 10 nitrogen and oxygen atoms in total. The van der Waals surface area contributed by atoms with E-state index in [0.717, 1.165) is 19.3 Å². The molecular weight excluding hydrogens is 486 g/mol. The molecule has 0 aromatic carbocycles. The Hall–Kier alpha value is -3.58. The molecule has 4 fully saturated rings. The van der Waals surface area contributed by atoms with E-state index in [0.29, 0.717) is 35.8 Å². The highest BCUT2D eigenvalue weighted by atomic mass is 19.4. The zero-order valence-corrected chi connectivity index (χ0v) is 18.9. The summed E-state index contributed by atoms with van der Waals surface area (Å²) in [6.07, 6.45) is -0.594. The summed E-state index contributed by atoms with van der Waals surface area (Å²) in [7, 11) is 0. The van der Waals surface area contributed by atoms with E-state index in [2.05, 4.69) is 30.9 Å². The first-order valence-corrected chi connectivity index (χ1v) is 11.7. The van der Waals surface area contributed by atoms with E-state index >= 15 is 4.39 Å². The van der Waals surface area contributed by atoms with Crippen molar-refractivity contribution in [3.05, 3.63) is 30.2 Å². The van der Waals surface area contributed by atoms with Crippen molar-refractivity contribution in [2.75, 3.05) is 11.9 Å². The minimum atomic E-state index is -4.49. The highest BCUT2D eigenvalue weighted by Gasteiger charge is 2.58. The number of amides is 1. The molecule has 36 heavy (non-hydrogen) atoms. The second-order valence-corrected chi connectivity index (χ2v) is 9.78. The predicted molar refractivity (Wildman–Crippen MR) is 117 cm³/mol. The first kappa shape index (κ1) is 22.9. The minimum absolute atomic E-state index is 0.132. The Morgan fingerprint density at radius 2 is 2.06 bits per heavy atom. The highest BCUT2D eigenvalue weighted by molar-refractivity contribution is 5.73. The standard InChI is InChI=1S/C22H23F4N7O3/c23-18-12(1-2-15(18)36-20(34)29-21-7-11(8-21)9-21)13-5-16(31-30-13)28-19-14-6-17(35-10-22(24,25)26)32-33(14)4-3-27-19/h3-6,11-12,15,18H,1-2,7-10H2,(H,29,34)(H2,27,28,30,31)/t11?,12-,15-,18+,21?/m1/s1. The number of alkyl halides is 4. The monoisotopic (exact) mass is 509 g/mol. The van der Waals surface area contributed by atoms with Gasteiger partial charge in [0.1, 0.15) is 17.8 Å². The van der Waals surface area contributed by atoms with Crippen molar-refractivity contribution in [2.45, 2.75) is 62.0 Å². The Bertz CT molecular complexity index is 1280. The van der Waals surface area contributed by atoms with Gasteiger partial charge in [0.15, 0.2) is 18.2 Å². The molecule has 3 atom stereocenters. The molecule has 4 aliphatic rings. The van der Waals surface area contributed by atoms with Gasteiger partial charge in [-0.2, -0.15) is 18.3 Å². The van der Waals surface area contributed by atoms with Crippen LogP contribution in [0.5, 0.6) is 5.88 Å². The van der Waals surface area contributed by atoms with E-state index in [4.69, 9.17) is 9.47 Å². The van der Waals surface area contributed by atoms with Gasteiger partial charge in [-0.15, -0.1) is 5.10 Å². The zero-order valence-electron chi connectivity index (χ0n) is 18.9. The van der Waals surface area contributed by atoms with Crippen LogP contribution in [0.3, 0.4) is 0 Å². The molecule has 192 valence electrons. The molecule has 3 aromatic rings. The number of nitrogens with zero attached hydrogens (tertiary/aromatic N) is 4. The van der Waals surface area contributed by atoms with Crippen molar-refractivity contribution in [3.63, 3.8) is 0 Å². The van der Waals surface area contributed by atoms with Crippen molar-refractivity contribution in [1.29, 1.82) is 0 Å². The minimum Gasteiger partial charge on any atom is -0.467 e. The summed E-state index contributed by atoms with van der Waals surface area (Å²) in [5, 5.41) is 16.8. The number of halogens is 4. The van der Waals surface area contributed by atoms with E-state index in [-0.39, 0.29) is 17.2 Å². The van der Waals surface area contributed by atoms with Crippen LogP contribution >= 0.6 is 0 Å². The maximum absolute atomic E-state index is 15.1. The van der Waals surface area contributed by atoms with E-state index in [1.54, 1.807) is 6.07 Å². The maximum atomic E-state index is 15.1. The van der Waals surface area contributed by atoms with Gasteiger partial charge >= 0.3 is 12.3 Å². The molecule has 0 spiro atoms. The number of alkyl carbamates (subject to hydrolysis) is 1. The normalized spacial score (nSPS) is 28.9. The first-order chi connectivity index (χ1) is 17.2. The predicted octanol–water partition coefficient (Wildman–Crippen LogP) is 4.00. The van der Waals surface area contributed by atoms with Crippen molar-refractivity contribution < 1.29 is 31.8 Å². The van der Waals surface area contributed by atoms with Crippen molar-refractivity contribution in [2.24, 2.45) is 5.92 Å². The fourth-order valence-electron chi connectivity index (χ4n) is 5.32. The van der Waals surface area contributed by atoms with E-state index < -0.39 is 37.1 Å². The summed E-state index contributed by atoms with van der Waals surface area (Å²) in [5.74, 6) is 0.588. The molecule has 2 bridgehead atoms. The van der Waals surface area contributed by atoms with Crippen LogP contribution in [-0.2, 0) is 4.74 Å². The number of H-pyrrole nitrogens is 1. The van der Waals surface area contributed by atoms with Gasteiger partial charge in [-0.1, -0.05) is 0 Å². The molecule has 0 saturated heterocycles. The van der Waals surface area contributed by atoms with Crippen molar-refractivity contribution >= 4 is 23.2 Å². The molecule has 3 N–H and O–H groups in total. The first-order valence-electron chi connectivity index (χ1n) is 11.7. The second kappa shape index (κ2) is 8.23. The smallest absolute Gasteiger partial charge is 0.422 e. The van der Waals surface area contributed by atoms with Crippen LogP contribution < -0.4 is 15.4 Å². The molecule has 4 aliphatic carbocycles. The average molecular weight is 509 g/mol. The molecular formula is C22H23F4N7O3. The summed E-state index contributed by atoms with van der Waals surface area (Å²) in [5.41, 5.74) is 0.768. The van der Waals surface area contributed by atoms with Crippen LogP contribution in [0.4, 0.5) is 34.0 Å². The number of aromatic nitrogens is 5. The van der Waals surface area contributed by atoms with Gasteiger partial charge in [0, 0.05) is 41.7 Å². The Morgan fingerprint density at radius 3 is 2.78 bits per heavy atom. The molecule has 0 aliphatic heterocycles. The van der Waals surface area contributed by atoms with Crippen LogP contribution in [0.1, 0.15) is 43.7 Å². The maximum Gasteiger partial charge on any atom is 0.422 e. The van der Waals surface area contributed by atoms with E-state index in [1.807, 2.05) is 0 Å². The number of rotatable bonds is 7. The lowest BCUT2D eigenvalue weighted by Crippen LogP contribution is -2.68. The molecule has 0 unspecified atom stereocenters. The topological polar surface area (TPSA) is 118 Å². The van der Waals surface area contributed by atoms with Gasteiger partial charge in [0.05, 0.1) is 0 Å². The summed E-state index contributed by atoms with van der Waals surface area (Å²) in [4.78, 5) is 16.4. The second-order valence-electron chi connectivity index (χ2n) is 9.78. The van der Waals surface area contributed by atoms with Crippen LogP contribution in [0.2, 0.25) is 0 Å².